The second-order valence-electron chi connectivity index (χ2n) is 4.78. The van der Waals surface area contributed by atoms with Gasteiger partial charge in [0.25, 0.3) is 0 Å². The molecule has 0 bridgehead atoms. The summed E-state index contributed by atoms with van der Waals surface area (Å²) in [4.78, 5) is 16.8. The van der Waals surface area contributed by atoms with Gasteiger partial charge in [-0.05, 0) is 38.2 Å². The van der Waals surface area contributed by atoms with E-state index in [2.05, 4.69) is 4.98 Å². The van der Waals surface area contributed by atoms with Gasteiger partial charge in [-0.1, -0.05) is 0 Å². The highest BCUT2D eigenvalue weighted by atomic mass is 16.5. The predicted octanol–water partition coefficient (Wildman–Crippen LogP) is 2.26. The van der Waals surface area contributed by atoms with Gasteiger partial charge < -0.3 is 14.3 Å². The first kappa shape index (κ1) is 15.1. The van der Waals surface area contributed by atoms with Crippen LogP contribution in [0.5, 0.6) is 5.75 Å². The molecule has 112 valence electrons. The summed E-state index contributed by atoms with van der Waals surface area (Å²) in [6.45, 7) is 1.96. The molecule has 1 aromatic carbocycles. The first-order valence-corrected chi connectivity index (χ1v) is 6.53. The third-order valence-electron chi connectivity index (χ3n) is 3.33. The van der Waals surface area contributed by atoms with E-state index in [0.29, 0.717) is 18.2 Å². The summed E-state index contributed by atoms with van der Waals surface area (Å²) in [5, 5.41) is 8.96. The van der Waals surface area contributed by atoms with Crippen molar-refractivity contribution < 1.29 is 19.1 Å². The number of likely N-dealkylation sites (N-methyl/N-ethyl adjacent to an activating group) is 1. The molecule has 2 rings (SSSR count). The van der Waals surface area contributed by atoms with E-state index < -0.39 is 12.0 Å². The van der Waals surface area contributed by atoms with Gasteiger partial charge in [0.2, 0.25) is 5.89 Å². The molecule has 2 aromatic rings. The van der Waals surface area contributed by atoms with Crippen LogP contribution >= 0.6 is 0 Å². The fraction of sp³-hybridized carbons (Fsp3) is 0.333. The van der Waals surface area contributed by atoms with E-state index in [-0.39, 0.29) is 0 Å². The minimum Gasteiger partial charge on any atom is -0.497 e. The largest absolute Gasteiger partial charge is 0.497 e. The summed E-state index contributed by atoms with van der Waals surface area (Å²) >= 11 is 0. The van der Waals surface area contributed by atoms with Crippen LogP contribution in [-0.2, 0) is 11.3 Å². The zero-order chi connectivity index (χ0) is 15.4. The number of carboxylic acid groups (broad SMARTS) is 1. The van der Waals surface area contributed by atoms with E-state index in [1.165, 1.54) is 0 Å². The number of ether oxygens (including phenoxy) is 1. The average Bonchev–Trinajstić information content (AvgIpc) is 2.94. The van der Waals surface area contributed by atoms with E-state index in [1.807, 2.05) is 24.3 Å². The van der Waals surface area contributed by atoms with Crippen LogP contribution in [0.1, 0.15) is 12.8 Å². The molecule has 0 saturated carbocycles. The quantitative estimate of drug-likeness (QED) is 0.879. The van der Waals surface area contributed by atoms with Gasteiger partial charge in [-0.2, -0.15) is 0 Å². The smallest absolute Gasteiger partial charge is 0.320 e. The average molecular weight is 290 g/mol. The standard InChI is InChI=1S/C15H18N2O4/c1-10(15(18)19)17(2)9-14-16-8-13(21-14)11-4-6-12(20-3)7-5-11/h4-8,10H,9H2,1-3H3,(H,18,19). The summed E-state index contributed by atoms with van der Waals surface area (Å²) in [5.41, 5.74) is 0.892. The number of aliphatic carboxylic acids is 1. The minimum absolute atomic E-state index is 0.337. The fourth-order valence-corrected chi connectivity index (χ4v) is 1.81. The molecule has 0 aliphatic carbocycles. The summed E-state index contributed by atoms with van der Waals surface area (Å²) in [6, 6.07) is 6.85. The number of nitrogens with zero attached hydrogens (tertiary/aromatic N) is 2. The second-order valence-corrected chi connectivity index (χ2v) is 4.78. The number of rotatable bonds is 6. The number of oxazole rings is 1. The van der Waals surface area contributed by atoms with E-state index in [4.69, 9.17) is 14.3 Å². The van der Waals surface area contributed by atoms with Gasteiger partial charge >= 0.3 is 5.97 Å². The van der Waals surface area contributed by atoms with Crippen molar-refractivity contribution in [1.29, 1.82) is 0 Å². The van der Waals surface area contributed by atoms with Gasteiger partial charge in [-0.3, -0.25) is 9.69 Å². The van der Waals surface area contributed by atoms with Crippen LogP contribution < -0.4 is 4.74 Å². The molecule has 1 atom stereocenters. The van der Waals surface area contributed by atoms with Crippen molar-refractivity contribution in [2.24, 2.45) is 0 Å². The summed E-state index contributed by atoms with van der Waals surface area (Å²) in [5.74, 6) is 1.02. The number of carboxylic acids is 1. The first-order valence-electron chi connectivity index (χ1n) is 6.53. The summed E-state index contributed by atoms with van der Waals surface area (Å²) in [6.07, 6.45) is 1.64. The Morgan fingerprint density at radius 1 is 1.43 bits per heavy atom. The lowest BCUT2D eigenvalue weighted by Gasteiger charge is -2.18. The Hall–Kier alpha value is -2.34. The van der Waals surface area contributed by atoms with Crippen molar-refractivity contribution in [2.45, 2.75) is 19.5 Å². The molecule has 6 nitrogen and oxygen atoms in total. The molecule has 0 aliphatic rings. The lowest BCUT2D eigenvalue weighted by molar-refractivity contribution is -0.142. The van der Waals surface area contributed by atoms with Crippen LogP contribution in [0.2, 0.25) is 0 Å². The Kier molecular flexibility index (Phi) is 4.59. The fourth-order valence-electron chi connectivity index (χ4n) is 1.81. The van der Waals surface area contributed by atoms with Gasteiger partial charge in [-0.15, -0.1) is 0 Å². The summed E-state index contributed by atoms with van der Waals surface area (Å²) < 4.78 is 10.8. The highest BCUT2D eigenvalue weighted by Gasteiger charge is 2.18. The highest BCUT2D eigenvalue weighted by Crippen LogP contribution is 2.23. The van der Waals surface area contributed by atoms with Crippen molar-refractivity contribution in [2.75, 3.05) is 14.2 Å². The zero-order valence-corrected chi connectivity index (χ0v) is 12.2. The third-order valence-corrected chi connectivity index (χ3v) is 3.33. The molecule has 21 heavy (non-hydrogen) atoms. The minimum atomic E-state index is -0.876. The van der Waals surface area contributed by atoms with E-state index >= 15 is 0 Å². The lowest BCUT2D eigenvalue weighted by atomic mass is 10.2. The molecule has 6 heteroatoms. The number of aromatic nitrogens is 1. The van der Waals surface area contributed by atoms with Crippen LogP contribution in [0.3, 0.4) is 0 Å². The van der Waals surface area contributed by atoms with Crippen molar-refractivity contribution in [1.82, 2.24) is 9.88 Å². The molecule has 1 aromatic heterocycles. The second kappa shape index (κ2) is 6.41. The lowest BCUT2D eigenvalue weighted by Crippen LogP contribution is -2.35. The number of methoxy groups -OCH3 is 1. The number of hydrogen-bond acceptors (Lipinski definition) is 5. The molecule has 0 aliphatic heterocycles. The number of carbonyl (C=O) groups is 1. The Morgan fingerprint density at radius 3 is 2.67 bits per heavy atom. The Balaban J connectivity index is 2.08. The van der Waals surface area contributed by atoms with Crippen molar-refractivity contribution in [3.05, 3.63) is 36.4 Å². The molecule has 0 radical (unpaired) electrons. The molecule has 1 N–H and O–H groups in total. The highest BCUT2D eigenvalue weighted by molar-refractivity contribution is 5.72. The predicted molar refractivity (Wildman–Crippen MR) is 77.1 cm³/mol. The normalized spacial score (nSPS) is 12.4. The Morgan fingerprint density at radius 2 is 2.10 bits per heavy atom. The van der Waals surface area contributed by atoms with E-state index in [1.54, 1.807) is 32.2 Å². The SMILES string of the molecule is COc1ccc(-c2cnc(CN(C)C(C)C(=O)O)o2)cc1. The van der Waals surface area contributed by atoms with Crippen molar-refractivity contribution in [3.8, 4) is 17.1 Å². The van der Waals surface area contributed by atoms with Gasteiger partial charge in [0.05, 0.1) is 19.9 Å². The van der Waals surface area contributed by atoms with Gasteiger partial charge in [0.1, 0.15) is 11.8 Å². The van der Waals surface area contributed by atoms with Crippen molar-refractivity contribution in [3.63, 3.8) is 0 Å². The monoisotopic (exact) mass is 290 g/mol. The van der Waals surface area contributed by atoms with Gasteiger partial charge in [0.15, 0.2) is 5.76 Å². The number of hydrogen-bond donors (Lipinski definition) is 1. The van der Waals surface area contributed by atoms with Gasteiger partial charge in [-0.25, -0.2) is 4.98 Å². The Bertz CT molecular complexity index is 606. The van der Waals surface area contributed by atoms with Gasteiger partial charge in [0, 0.05) is 5.56 Å². The molecule has 0 spiro atoms. The maximum atomic E-state index is 10.9. The molecular weight excluding hydrogens is 272 g/mol. The maximum absolute atomic E-state index is 10.9. The molecule has 1 unspecified atom stereocenters. The molecule has 1 heterocycles. The maximum Gasteiger partial charge on any atom is 0.320 e. The molecule has 0 saturated heterocycles. The molecular formula is C15H18N2O4. The molecule has 0 fully saturated rings. The van der Waals surface area contributed by atoms with Crippen LogP contribution in [0.4, 0.5) is 0 Å². The third kappa shape index (κ3) is 3.61. The Labute approximate surface area is 123 Å². The van der Waals surface area contributed by atoms with E-state index in [9.17, 15) is 4.79 Å². The summed E-state index contributed by atoms with van der Waals surface area (Å²) in [7, 11) is 3.33. The zero-order valence-electron chi connectivity index (χ0n) is 12.2. The van der Waals surface area contributed by atoms with Crippen LogP contribution in [0.15, 0.2) is 34.9 Å². The number of benzene rings is 1. The molecule has 0 amide bonds. The van der Waals surface area contributed by atoms with E-state index in [0.717, 1.165) is 11.3 Å². The van der Waals surface area contributed by atoms with Crippen LogP contribution in [-0.4, -0.2) is 41.2 Å². The van der Waals surface area contributed by atoms with Crippen molar-refractivity contribution >= 4 is 5.97 Å². The van der Waals surface area contributed by atoms with Crippen LogP contribution in [0, 0.1) is 0 Å². The topological polar surface area (TPSA) is 75.8 Å². The first-order chi connectivity index (χ1) is 10.0. The van der Waals surface area contributed by atoms with Crippen LogP contribution in [0.25, 0.3) is 11.3 Å².